The lowest BCUT2D eigenvalue weighted by Gasteiger charge is -2.06. The Kier molecular flexibility index (Phi) is 4.97. The van der Waals surface area contributed by atoms with Crippen molar-refractivity contribution in [3.05, 3.63) is 64.0 Å². The van der Waals surface area contributed by atoms with Crippen molar-refractivity contribution >= 4 is 17.8 Å². The van der Waals surface area contributed by atoms with Crippen LogP contribution in [-0.2, 0) is 13.1 Å². The first-order chi connectivity index (χ1) is 9.72. The highest BCUT2D eigenvalue weighted by Crippen LogP contribution is 2.05. The van der Waals surface area contributed by atoms with E-state index < -0.39 is 0 Å². The van der Waals surface area contributed by atoms with Crippen LogP contribution in [0, 0.1) is 0 Å². The number of nitrogens with two attached hydrogens (primary N) is 1. The van der Waals surface area contributed by atoms with Gasteiger partial charge in [-0.25, -0.2) is 0 Å². The molecule has 0 aliphatic rings. The zero-order valence-corrected chi connectivity index (χ0v) is 12.2. The molecule has 2 aromatic carbocycles. The van der Waals surface area contributed by atoms with Crippen molar-refractivity contribution in [2.45, 2.75) is 26.9 Å². The van der Waals surface area contributed by atoms with Gasteiger partial charge >= 0.3 is 0 Å². The molecule has 2 rings (SSSR count). The van der Waals surface area contributed by atoms with Crippen LogP contribution in [0.15, 0.2) is 42.5 Å². The Balaban J connectivity index is 1.99. The predicted octanol–water partition coefficient (Wildman–Crippen LogP) is 2.16. The van der Waals surface area contributed by atoms with E-state index in [-0.39, 0.29) is 0 Å². The zero-order valence-electron chi connectivity index (χ0n) is 12.2. The number of nitrogens with one attached hydrogen (secondary N) is 1. The van der Waals surface area contributed by atoms with Gasteiger partial charge in [0.2, 0.25) is 0 Å². The summed E-state index contributed by atoms with van der Waals surface area (Å²) >= 11 is 0. The SMILES string of the molecule is C/C=c1/ccc(CNCc2ccc(N)cc2)c/c1=C/C. The van der Waals surface area contributed by atoms with Gasteiger partial charge in [0.1, 0.15) is 0 Å². The number of hydrogen-bond acceptors (Lipinski definition) is 2. The molecule has 0 aliphatic carbocycles. The molecule has 0 saturated carbocycles. The van der Waals surface area contributed by atoms with Crippen molar-refractivity contribution in [3.8, 4) is 0 Å². The molecule has 0 saturated heterocycles. The van der Waals surface area contributed by atoms with Crippen molar-refractivity contribution < 1.29 is 0 Å². The van der Waals surface area contributed by atoms with Gasteiger partial charge in [-0.1, -0.05) is 42.5 Å². The van der Waals surface area contributed by atoms with Gasteiger partial charge in [0.05, 0.1) is 0 Å². The van der Waals surface area contributed by atoms with Crippen LogP contribution in [0.4, 0.5) is 5.69 Å². The molecule has 0 bridgehead atoms. The van der Waals surface area contributed by atoms with Crippen LogP contribution in [0.1, 0.15) is 25.0 Å². The Morgan fingerprint density at radius 1 is 0.850 bits per heavy atom. The van der Waals surface area contributed by atoms with Crippen LogP contribution in [0.2, 0.25) is 0 Å². The third-order valence-electron chi connectivity index (χ3n) is 3.41. The topological polar surface area (TPSA) is 38.0 Å². The molecule has 2 aromatic rings. The molecule has 0 aromatic heterocycles. The summed E-state index contributed by atoms with van der Waals surface area (Å²) < 4.78 is 0. The molecule has 0 radical (unpaired) electrons. The number of anilines is 1. The summed E-state index contributed by atoms with van der Waals surface area (Å²) in [6.45, 7) is 5.87. The summed E-state index contributed by atoms with van der Waals surface area (Å²) in [7, 11) is 0. The van der Waals surface area contributed by atoms with Gasteiger partial charge in [-0.15, -0.1) is 0 Å². The van der Waals surface area contributed by atoms with Gasteiger partial charge in [-0.05, 0) is 47.5 Å². The first kappa shape index (κ1) is 14.4. The first-order valence-electron chi connectivity index (χ1n) is 6.99. The second kappa shape index (κ2) is 6.92. The summed E-state index contributed by atoms with van der Waals surface area (Å²) in [6.07, 6.45) is 4.29. The van der Waals surface area contributed by atoms with Gasteiger partial charge in [0, 0.05) is 18.8 Å². The molecular formula is C18H22N2. The Hall–Kier alpha value is -2.06. The molecule has 0 unspecified atom stereocenters. The predicted molar refractivity (Wildman–Crippen MR) is 87.4 cm³/mol. The van der Waals surface area contributed by atoms with E-state index in [1.54, 1.807) is 0 Å². The van der Waals surface area contributed by atoms with Crippen molar-refractivity contribution in [3.63, 3.8) is 0 Å². The van der Waals surface area contributed by atoms with Gasteiger partial charge in [0.15, 0.2) is 0 Å². The van der Waals surface area contributed by atoms with Gasteiger partial charge in [-0.3, -0.25) is 0 Å². The van der Waals surface area contributed by atoms with E-state index >= 15 is 0 Å². The lowest BCUT2D eigenvalue weighted by molar-refractivity contribution is 0.693. The molecular weight excluding hydrogens is 244 g/mol. The highest BCUT2D eigenvalue weighted by molar-refractivity contribution is 5.39. The van der Waals surface area contributed by atoms with Crippen LogP contribution in [0.3, 0.4) is 0 Å². The molecule has 104 valence electrons. The second-order valence-corrected chi connectivity index (χ2v) is 4.89. The first-order valence-corrected chi connectivity index (χ1v) is 6.99. The normalized spacial score (nSPS) is 12.9. The summed E-state index contributed by atoms with van der Waals surface area (Å²) in [5.74, 6) is 0. The lowest BCUT2D eigenvalue weighted by Crippen LogP contribution is -2.25. The van der Waals surface area contributed by atoms with Crippen LogP contribution >= 0.6 is 0 Å². The molecule has 0 aliphatic heterocycles. The van der Waals surface area contributed by atoms with Crippen LogP contribution in [-0.4, -0.2) is 0 Å². The fourth-order valence-electron chi connectivity index (χ4n) is 2.23. The summed E-state index contributed by atoms with van der Waals surface area (Å²) in [5.41, 5.74) is 9.04. The van der Waals surface area contributed by atoms with Crippen molar-refractivity contribution in [2.75, 3.05) is 5.73 Å². The largest absolute Gasteiger partial charge is 0.399 e. The molecule has 20 heavy (non-hydrogen) atoms. The average Bonchev–Trinajstić information content (AvgIpc) is 2.49. The van der Waals surface area contributed by atoms with E-state index in [0.29, 0.717) is 0 Å². The van der Waals surface area contributed by atoms with Gasteiger partial charge < -0.3 is 11.1 Å². The van der Waals surface area contributed by atoms with Crippen molar-refractivity contribution in [1.29, 1.82) is 0 Å². The standard InChI is InChI=1S/C18H22N2/c1-3-16-8-5-15(11-17(16)4-2)13-20-12-14-6-9-18(19)10-7-14/h3-11,20H,12-13,19H2,1-2H3/b16-3-,17-4-. The molecule has 2 nitrogen and oxygen atoms in total. The fourth-order valence-corrected chi connectivity index (χ4v) is 2.23. The third kappa shape index (κ3) is 3.72. The number of nitrogen functional groups attached to an aromatic ring is 1. The van der Waals surface area contributed by atoms with E-state index in [1.165, 1.54) is 21.6 Å². The van der Waals surface area contributed by atoms with E-state index in [1.807, 2.05) is 12.1 Å². The van der Waals surface area contributed by atoms with Crippen LogP contribution in [0.25, 0.3) is 12.2 Å². The molecule has 2 heteroatoms. The lowest BCUT2D eigenvalue weighted by atomic mass is 10.1. The Bertz CT molecular complexity index is 670. The Labute approximate surface area is 120 Å². The summed E-state index contributed by atoms with van der Waals surface area (Å²) in [5, 5.41) is 6.04. The maximum Gasteiger partial charge on any atom is 0.0314 e. The average molecular weight is 266 g/mol. The minimum Gasteiger partial charge on any atom is -0.399 e. The molecule has 0 spiro atoms. The third-order valence-corrected chi connectivity index (χ3v) is 3.41. The quantitative estimate of drug-likeness (QED) is 0.832. The minimum absolute atomic E-state index is 0.809. The second-order valence-electron chi connectivity index (χ2n) is 4.89. The summed E-state index contributed by atoms with van der Waals surface area (Å²) in [4.78, 5) is 0. The van der Waals surface area contributed by atoms with Crippen molar-refractivity contribution in [2.24, 2.45) is 0 Å². The molecule has 3 N–H and O–H groups in total. The van der Waals surface area contributed by atoms with Crippen LogP contribution in [0.5, 0.6) is 0 Å². The fraction of sp³-hybridized carbons (Fsp3) is 0.222. The highest BCUT2D eigenvalue weighted by atomic mass is 14.8. The van der Waals surface area contributed by atoms with E-state index in [2.05, 4.69) is 61.6 Å². The molecule has 0 amide bonds. The molecule has 0 atom stereocenters. The molecule has 0 heterocycles. The minimum atomic E-state index is 0.809. The Morgan fingerprint density at radius 2 is 1.45 bits per heavy atom. The smallest absolute Gasteiger partial charge is 0.0314 e. The van der Waals surface area contributed by atoms with Crippen LogP contribution < -0.4 is 21.5 Å². The van der Waals surface area contributed by atoms with Gasteiger partial charge in [-0.2, -0.15) is 0 Å². The monoisotopic (exact) mass is 266 g/mol. The Morgan fingerprint density at radius 3 is 2.10 bits per heavy atom. The number of benzene rings is 2. The van der Waals surface area contributed by atoms with E-state index in [9.17, 15) is 0 Å². The van der Waals surface area contributed by atoms with Crippen molar-refractivity contribution in [1.82, 2.24) is 5.32 Å². The molecule has 0 fully saturated rings. The number of rotatable bonds is 4. The zero-order chi connectivity index (χ0) is 14.4. The van der Waals surface area contributed by atoms with E-state index in [0.717, 1.165) is 18.8 Å². The van der Waals surface area contributed by atoms with Gasteiger partial charge in [0.25, 0.3) is 0 Å². The highest BCUT2D eigenvalue weighted by Gasteiger charge is 1.95. The maximum absolute atomic E-state index is 5.68. The summed E-state index contributed by atoms with van der Waals surface area (Å²) in [6, 6.07) is 14.6. The maximum atomic E-state index is 5.68. The number of hydrogen-bond donors (Lipinski definition) is 2. The van der Waals surface area contributed by atoms with E-state index in [4.69, 9.17) is 5.73 Å².